The van der Waals surface area contributed by atoms with Crippen molar-refractivity contribution in [2.45, 2.75) is 20.4 Å². The molecule has 0 aromatic heterocycles. The van der Waals surface area contributed by atoms with Crippen LogP contribution < -0.4 is 4.74 Å². The Kier molecular flexibility index (Phi) is 5.65. The van der Waals surface area contributed by atoms with Crippen LogP contribution in [0.2, 0.25) is 0 Å². The van der Waals surface area contributed by atoms with E-state index >= 15 is 0 Å². The average molecular weight is 251 g/mol. The van der Waals surface area contributed by atoms with Gasteiger partial charge in [-0.25, -0.2) is 0 Å². The van der Waals surface area contributed by atoms with Crippen molar-refractivity contribution in [2.24, 2.45) is 0 Å². The Bertz CT molecular complexity index is 404. The van der Waals surface area contributed by atoms with Crippen LogP contribution in [-0.4, -0.2) is 38.2 Å². The molecule has 0 bridgehead atoms. The summed E-state index contributed by atoms with van der Waals surface area (Å²) in [6.07, 6.45) is 0. The van der Waals surface area contributed by atoms with E-state index in [-0.39, 0.29) is 5.97 Å². The van der Waals surface area contributed by atoms with Gasteiger partial charge in [0.15, 0.2) is 0 Å². The molecule has 0 saturated heterocycles. The number of hydrogen-bond acceptors (Lipinski definition) is 4. The van der Waals surface area contributed by atoms with E-state index in [1.807, 2.05) is 37.9 Å². The van der Waals surface area contributed by atoms with E-state index in [1.54, 1.807) is 7.11 Å². The Hall–Kier alpha value is -1.55. The average Bonchev–Trinajstić information content (AvgIpc) is 2.29. The summed E-state index contributed by atoms with van der Waals surface area (Å²) in [4.78, 5) is 13.3. The second kappa shape index (κ2) is 7.01. The number of benzene rings is 1. The van der Waals surface area contributed by atoms with Crippen LogP contribution in [0.4, 0.5) is 0 Å². The molecular weight excluding hydrogens is 230 g/mol. The SMILES string of the molecule is CCOC(=O)CN(C)Cc1ccc(OC)c(C)c1. The largest absolute Gasteiger partial charge is 0.496 e. The maximum absolute atomic E-state index is 11.3. The maximum atomic E-state index is 11.3. The minimum absolute atomic E-state index is 0.190. The molecule has 4 heteroatoms. The van der Waals surface area contributed by atoms with Gasteiger partial charge in [-0.05, 0) is 38.1 Å². The first-order chi connectivity index (χ1) is 8.56. The Balaban J connectivity index is 2.56. The maximum Gasteiger partial charge on any atom is 0.320 e. The highest BCUT2D eigenvalue weighted by Crippen LogP contribution is 2.19. The van der Waals surface area contributed by atoms with Gasteiger partial charge < -0.3 is 9.47 Å². The molecule has 1 rings (SSSR count). The second-order valence-electron chi connectivity index (χ2n) is 4.28. The van der Waals surface area contributed by atoms with E-state index in [9.17, 15) is 4.79 Å². The number of hydrogen-bond donors (Lipinski definition) is 0. The van der Waals surface area contributed by atoms with E-state index in [2.05, 4.69) is 6.07 Å². The molecule has 1 aromatic carbocycles. The standard InChI is InChI=1S/C14H21NO3/c1-5-18-14(16)10-15(3)9-12-6-7-13(17-4)11(2)8-12/h6-8H,5,9-10H2,1-4H3. The topological polar surface area (TPSA) is 38.8 Å². The Morgan fingerprint density at radius 3 is 2.67 bits per heavy atom. The van der Waals surface area contributed by atoms with Gasteiger partial charge in [-0.15, -0.1) is 0 Å². The van der Waals surface area contributed by atoms with E-state index < -0.39 is 0 Å². The normalized spacial score (nSPS) is 10.5. The minimum atomic E-state index is -0.190. The molecule has 18 heavy (non-hydrogen) atoms. The van der Waals surface area contributed by atoms with Crippen molar-refractivity contribution in [1.29, 1.82) is 0 Å². The van der Waals surface area contributed by atoms with Crippen LogP contribution in [0.1, 0.15) is 18.1 Å². The van der Waals surface area contributed by atoms with Crippen molar-refractivity contribution < 1.29 is 14.3 Å². The molecule has 0 aliphatic carbocycles. The number of carbonyl (C=O) groups excluding carboxylic acids is 1. The van der Waals surface area contributed by atoms with Crippen molar-refractivity contribution in [3.8, 4) is 5.75 Å². The molecule has 0 aliphatic rings. The Labute approximate surface area is 108 Å². The van der Waals surface area contributed by atoms with E-state index in [1.165, 1.54) is 0 Å². The predicted octanol–water partition coefficient (Wildman–Crippen LogP) is 2.00. The highest BCUT2D eigenvalue weighted by atomic mass is 16.5. The van der Waals surface area contributed by atoms with Crippen molar-refractivity contribution in [3.63, 3.8) is 0 Å². The molecule has 1 aromatic rings. The summed E-state index contributed by atoms with van der Waals surface area (Å²) >= 11 is 0. The lowest BCUT2D eigenvalue weighted by Crippen LogP contribution is -2.27. The molecular formula is C14H21NO3. The van der Waals surface area contributed by atoms with Gasteiger partial charge in [0, 0.05) is 6.54 Å². The van der Waals surface area contributed by atoms with Crippen LogP contribution in [0.15, 0.2) is 18.2 Å². The number of ether oxygens (including phenoxy) is 2. The minimum Gasteiger partial charge on any atom is -0.496 e. The molecule has 0 atom stereocenters. The third-order valence-electron chi connectivity index (χ3n) is 2.62. The van der Waals surface area contributed by atoms with Crippen LogP contribution in [0, 0.1) is 6.92 Å². The lowest BCUT2D eigenvalue weighted by molar-refractivity contribution is -0.144. The lowest BCUT2D eigenvalue weighted by atomic mass is 10.1. The van der Waals surface area contributed by atoms with Gasteiger partial charge in [-0.2, -0.15) is 0 Å². The summed E-state index contributed by atoms with van der Waals surface area (Å²) in [6, 6.07) is 6.02. The van der Waals surface area contributed by atoms with Crippen LogP contribution in [0.25, 0.3) is 0 Å². The molecule has 0 N–H and O–H groups in total. The monoisotopic (exact) mass is 251 g/mol. The zero-order valence-electron chi connectivity index (χ0n) is 11.5. The summed E-state index contributed by atoms with van der Waals surface area (Å²) in [5.41, 5.74) is 2.25. The van der Waals surface area contributed by atoms with Crippen LogP contribution in [-0.2, 0) is 16.1 Å². The molecule has 0 unspecified atom stereocenters. The smallest absolute Gasteiger partial charge is 0.320 e. The molecule has 0 heterocycles. The third-order valence-corrected chi connectivity index (χ3v) is 2.62. The predicted molar refractivity (Wildman–Crippen MR) is 70.7 cm³/mol. The molecule has 0 aliphatic heterocycles. The number of rotatable bonds is 6. The summed E-state index contributed by atoms with van der Waals surface area (Å²) in [5, 5.41) is 0. The fraction of sp³-hybridized carbons (Fsp3) is 0.500. The van der Waals surface area contributed by atoms with Gasteiger partial charge >= 0.3 is 5.97 Å². The highest BCUT2D eigenvalue weighted by Gasteiger charge is 2.08. The highest BCUT2D eigenvalue weighted by molar-refractivity contribution is 5.71. The molecule has 0 amide bonds. The molecule has 0 spiro atoms. The zero-order valence-corrected chi connectivity index (χ0v) is 11.5. The van der Waals surface area contributed by atoms with Gasteiger partial charge in [-0.3, -0.25) is 9.69 Å². The zero-order chi connectivity index (χ0) is 13.5. The van der Waals surface area contributed by atoms with Gasteiger partial charge in [0.25, 0.3) is 0 Å². The fourth-order valence-corrected chi connectivity index (χ4v) is 1.83. The first kappa shape index (κ1) is 14.5. The van der Waals surface area contributed by atoms with Crippen molar-refractivity contribution in [1.82, 2.24) is 4.90 Å². The summed E-state index contributed by atoms with van der Waals surface area (Å²) in [7, 11) is 3.56. The number of carbonyl (C=O) groups is 1. The summed E-state index contributed by atoms with van der Waals surface area (Å²) < 4.78 is 10.1. The number of aryl methyl sites for hydroxylation is 1. The Morgan fingerprint density at radius 1 is 1.39 bits per heavy atom. The van der Waals surface area contributed by atoms with Crippen LogP contribution in [0.5, 0.6) is 5.75 Å². The van der Waals surface area contributed by atoms with Gasteiger partial charge in [0.1, 0.15) is 5.75 Å². The number of esters is 1. The number of methoxy groups -OCH3 is 1. The molecule has 0 radical (unpaired) electrons. The number of likely N-dealkylation sites (N-methyl/N-ethyl adjacent to an activating group) is 1. The molecule has 4 nitrogen and oxygen atoms in total. The van der Waals surface area contributed by atoms with Gasteiger partial charge in [0.05, 0.1) is 20.3 Å². The first-order valence-electron chi connectivity index (χ1n) is 6.04. The molecule has 0 saturated carbocycles. The Morgan fingerprint density at radius 2 is 2.11 bits per heavy atom. The summed E-state index contributed by atoms with van der Waals surface area (Å²) in [6.45, 7) is 5.26. The number of nitrogens with zero attached hydrogens (tertiary/aromatic N) is 1. The van der Waals surface area contributed by atoms with Crippen molar-refractivity contribution in [3.05, 3.63) is 29.3 Å². The lowest BCUT2D eigenvalue weighted by Gasteiger charge is -2.16. The van der Waals surface area contributed by atoms with Crippen LogP contribution >= 0.6 is 0 Å². The molecule has 0 fully saturated rings. The van der Waals surface area contributed by atoms with Crippen molar-refractivity contribution >= 4 is 5.97 Å². The van der Waals surface area contributed by atoms with Gasteiger partial charge in [-0.1, -0.05) is 12.1 Å². The van der Waals surface area contributed by atoms with E-state index in [4.69, 9.17) is 9.47 Å². The first-order valence-corrected chi connectivity index (χ1v) is 6.04. The van der Waals surface area contributed by atoms with Gasteiger partial charge in [0.2, 0.25) is 0 Å². The molecule has 100 valence electrons. The van der Waals surface area contributed by atoms with Crippen molar-refractivity contribution in [2.75, 3.05) is 27.3 Å². The van der Waals surface area contributed by atoms with Crippen LogP contribution in [0.3, 0.4) is 0 Å². The second-order valence-corrected chi connectivity index (χ2v) is 4.28. The van der Waals surface area contributed by atoms with E-state index in [0.29, 0.717) is 19.7 Å². The van der Waals surface area contributed by atoms with E-state index in [0.717, 1.165) is 16.9 Å². The summed E-state index contributed by atoms with van der Waals surface area (Å²) in [5.74, 6) is 0.692. The fourth-order valence-electron chi connectivity index (χ4n) is 1.83. The quantitative estimate of drug-likeness (QED) is 0.725. The third kappa shape index (κ3) is 4.37.